The lowest BCUT2D eigenvalue weighted by Gasteiger charge is -2.27. The minimum absolute atomic E-state index is 0.329. The number of fused-ring (bicyclic) bond motifs is 5. The molecule has 0 radical (unpaired) electrons. The van der Waals surface area contributed by atoms with E-state index in [2.05, 4.69) is 6.92 Å². The lowest BCUT2D eigenvalue weighted by atomic mass is 9.78. The summed E-state index contributed by atoms with van der Waals surface area (Å²) >= 11 is 0. The molecule has 2 heteroatoms. The van der Waals surface area contributed by atoms with E-state index in [1.165, 1.54) is 19.3 Å². The molecule has 3 saturated carbocycles. The Bertz CT molecular complexity index is 206. The van der Waals surface area contributed by atoms with Gasteiger partial charge in [-0.25, -0.2) is 0 Å². The van der Waals surface area contributed by atoms with Gasteiger partial charge in [0.1, 0.15) is 0 Å². The maximum absolute atomic E-state index is 9.91. The molecule has 2 nitrogen and oxygen atoms in total. The number of hydrogen-bond acceptors (Lipinski definition) is 2. The molecule has 0 saturated heterocycles. The zero-order chi connectivity index (χ0) is 9.16. The summed E-state index contributed by atoms with van der Waals surface area (Å²) in [5, 5.41) is 19.7. The molecule has 3 fully saturated rings. The summed E-state index contributed by atoms with van der Waals surface area (Å²) in [5.74, 6) is 2.93. The van der Waals surface area contributed by atoms with E-state index in [0.717, 1.165) is 11.8 Å². The van der Waals surface area contributed by atoms with Crippen LogP contribution in [0.5, 0.6) is 0 Å². The van der Waals surface area contributed by atoms with Gasteiger partial charge in [0.05, 0.1) is 12.2 Å². The van der Waals surface area contributed by atoms with Gasteiger partial charge in [-0.1, -0.05) is 6.92 Å². The van der Waals surface area contributed by atoms with Crippen LogP contribution in [-0.4, -0.2) is 22.4 Å². The third-order valence-corrected chi connectivity index (χ3v) is 4.94. The number of aliphatic hydroxyl groups is 2. The van der Waals surface area contributed by atoms with E-state index >= 15 is 0 Å². The second-order valence-electron chi connectivity index (χ2n) is 5.33. The van der Waals surface area contributed by atoms with Crippen molar-refractivity contribution in [3.63, 3.8) is 0 Å². The zero-order valence-electron chi connectivity index (χ0n) is 8.06. The molecular formula is C11H18O2. The van der Waals surface area contributed by atoms with Crippen molar-refractivity contribution in [3.8, 4) is 0 Å². The van der Waals surface area contributed by atoms with Gasteiger partial charge in [-0.15, -0.1) is 0 Å². The Morgan fingerprint density at radius 3 is 2.15 bits per heavy atom. The molecule has 3 aliphatic rings. The van der Waals surface area contributed by atoms with Gasteiger partial charge in [-0.05, 0) is 48.9 Å². The molecule has 0 heterocycles. The van der Waals surface area contributed by atoms with Crippen molar-refractivity contribution in [2.75, 3.05) is 0 Å². The Hall–Kier alpha value is -0.0800. The van der Waals surface area contributed by atoms with Crippen molar-refractivity contribution in [2.24, 2.45) is 29.6 Å². The summed E-state index contributed by atoms with van der Waals surface area (Å²) in [6.45, 7) is 2.11. The summed E-state index contributed by atoms with van der Waals surface area (Å²) in [5.41, 5.74) is 0. The van der Waals surface area contributed by atoms with Gasteiger partial charge < -0.3 is 10.2 Å². The monoisotopic (exact) mass is 182 g/mol. The van der Waals surface area contributed by atoms with Crippen LogP contribution in [0.15, 0.2) is 0 Å². The Balaban J connectivity index is 1.94. The number of hydrogen-bond donors (Lipinski definition) is 2. The fraction of sp³-hybridized carbons (Fsp3) is 1.00. The molecule has 74 valence electrons. The normalized spacial score (nSPS) is 64.4. The summed E-state index contributed by atoms with van der Waals surface area (Å²) in [7, 11) is 0. The topological polar surface area (TPSA) is 40.5 Å². The van der Waals surface area contributed by atoms with E-state index in [0.29, 0.717) is 17.8 Å². The molecule has 2 N–H and O–H groups in total. The number of aliphatic hydroxyl groups excluding tert-OH is 2. The van der Waals surface area contributed by atoms with Crippen molar-refractivity contribution in [1.82, 2.24) is 0 Å². The van der Waals surface area contributed by atoms with Gasteiger partial charge in [0, 0.05) is 0 Å². The summed E-state index contributed by atoms with van der Waals surface area (Å²) in [6, 6.07) is 0. The Labute approximate surface area is 79.0 Å². The van der Waals surface area contributed by atoms with E-state index in [9.17, 15) is 10.2 Å². The highest BCUT2D eigenvalue weighted by molar-refractivity contribution is 5.08. The van der Waals surface area contributed by atoms with Crippen molar-refractivity contribution < 1.29 is 10.2 Å². The van der Waals surface area contributed by atoms with Crippen LogP contribution in [0.4, 0.5) is 0 Å². The van der Waals surface area contributed by atoms with Crippen molar-refractivity contribution >= 4 is 0 Å². The first kappa shape index (κ1) is 8.25. The average Bonchev–Trinajstić information content (AvgIpc) is 2.76. The lowest BCUT2D eigenvalue weighted by molar-refractivity contribution is -0.00333. The second kappa shape index (κ2) is 2.48. The molecule has 7 unspecified atom stereocenters. The first-order chi connectivity index (χ1) is 6.20. The summed E-state index contributed by atoms with van der Waals surface area (Å²) in [6.07, 6.45) is 3.09. The molecule has 7 atom stereocenters. The maximum atomic E-state index is 9.91. The highest BCUT2D eigenvalue weighted by Gasteiger charge is 2.59. The minimum Gasteiger partial charge on any atom is -0.390 e. The second-order valence-corrected chi connectivity index (χ2v) is 5.33. The first-order valence-electron chi connectivity index (χ1n) is 5.56. The minimum atomic E-state index is -0.446. The van der Waals surface area contributed by atoms with Crippen LogP contribution in [0.25, 0.3) is 0 Å². The predicted octanol–water partition coefficient (Wildman–Crippen LogP) is 1.02. The van der Waals surface area contributed by atoms with Crippen LogP contribution in [0, 0.1) is 29.6 Å². The molecule has 0 aromatic rings. The molecule has 0 aromatic heterocycles. The third kappa shape index (κ3) is 0.861. The molecule has 2 bridgehead atoms. The molecule has 0 aliphatic heterocycles. The molecule has 3 aliphatic carbocycles. The molecular weight excluding hydrogens is 164 g/mol. The van der Waals surface area contributed by atoms with Crippen LogP contribution >= 0.6 is 0 Å². The standard InChI is InChI=1S/C11H18O2/c1-5-8-6-2-3-7(4-6)9(8)11(13)10(5)12/h5-13H,2-4H2,1H3. The largest absolute Gasteiger partial charge is 0.390 e. The van der Waals surface area contributed by atoms with Crippen LogP contribution in [0.3, 0.4) is 0 Å². The van der Waals surface area contributed by atoms with E-state index in [1.54, 1.807) is 0 Å². The van der Waals surface area contributed by atoms with E-state index < -0.39 is 12.2 Å². The van der Waals surface area contributed by atoms with E-state index in [-0.39, 0.29) is 0 Å². The Morgan fingerprint density at radius 2 is 1.54 bits per heavy atom. The fourth-order valence-electron chi connectivity index (χ4n) is 4.43. The third-order valence-electron chi connectivity index (χ3n) is 4.94. The Morgan fingerprint density at radius 1 is 0.923 bits per heavy atom. The number of rotatable bonds is 0. The van der Waals surface area contributed by atoms with Crippen molar-refractivity contribution in [2.45, 2.75) is 38.4 Å². The van der Waals surface area contributed by atoms with Gasteiger partial charge in [0.2, 0.25) is 0 Å². The predicted molar refractivity (Wildman–Crippen MR) is 49.0 cm³/mol. The average molecular weight is 182 g/mol. The van der Waals surface area contributed by atoms with Gasteiger partial charge in [0.15, 0.2) is 0 Å². The highest BCUT2D eigenvalue weighted by Crippen LogP contribution is 2.60. The van der Waals surface area contributed by atoms with Crippen LogP contribution in [0.1, 0.15) is 26.2 Å². The van der Waals surface area contributed by atoms with Crippen LogP contribution in [-0.2, 0) is 0 Å². The van der Waals surface area contributed by atoms with Gasteiger partial charge >= 0.3 is 0 Å². The Kier molecular flexibility index (Phi) is 1.58. The van der Waals surface area contributed by atoms with Gasteiger partial charge in [0.25, 0.3) is 0 Å². The molecule has 0 amide bonds. The maximum Gasteiger partial charge on any atom is 0.0835 e. The van der Waals surface area contributed by atoms with E-state index in [4.69, 9.17) is 0 Å². The smallest absolute Gasteiger partial charge is 0.0835 e. The van der Waals surface area contributed by atoms with Crippen molar-refractivity contribution in [3.05, 3.63) is 0 Å². The van der Waals surface area contributed by atoms with E-state index in [1.807, 2.05) is 0 Å². The molecule has 13 heavy (non-hydrogen) atoms. The van der Waals surface area contributed by atoms with Crippen LogP contribution in [0.2, 0.25) is 0 Å². The summed E-state index contributed by atoms with van der Waals surface area (Å²) in [4.78, 5) is 0. The molecule has 3 rings (SSSR count). The zero-order valence-corrected chi connectivity index (χ0v) is 8.06. The molecule has 0 aromatic carbocycles. The SMILES string of the molecule is CC1C(O)C(O)C2C3CCC(C3)C12. The van der Waals surface area contributed by atoms with Gasteiger partial charge in [-0.3, -0.25) is 0 Å². The molecule has 0 spiro atoms. The van der Waals surface area contributed by atoms with Crippen molar-refractivity contribution in [1.29, 1.82) is 0 Å². The highest BCUT2D eigenvalue weighted by atomic mass is 16.3. The quantitative estimate of drug-likeness (QED) is 0.587. The fourth-order valence-corrected chi connectivity index (χ4v) is 4.43. The first-order valence-corrected chi connectivity index (χ1v) is 5.56. The van der Waals surface area contributed by atoms with Gasteiger partial charge in [-0.2, -0.15) is 0 Å². The lowest BCUT2D eigenvalue weighted by Crippen LogP contribution is -2.30. The van der Waals surface area contributed by atoms with Crippen LogP contribution < -0.4 is 0 Å². The summed E-state index contributed by atoms with van der Waals surface area (Å²) < 4.78 is 0.